The van der Waals surface area contributed by atoms with Gasteiger partial charge in [-0.3, -0.25) is 4.79 Å². The molecule has 0 aliphatic carbocycles. The van der Waals surface area contributed by atoms with Gasteiger partial charge in [0.2, 0.25) is 5.91 Å². The van der Waals surface area contributed by atoms with Crippen molar-refractivity contribution in [2.24, 2.45) is 0 Å². The van der Waals surface area contributed by atoms with Crippen LogP contribution in [0.1, 0.15) is 5.56 Å². The molecule has 0 fully saturated rings. The van der Waals surface area contributed by atoms with Crippen molar-refractivity contribution < 1.29 is 4.79 Å². The third-order valence-electron chi connectivity index (χ3n) is 2.05. The lowest BCUT2D eigenvalue weighted by molar-refractivity contribution is -0.115. The molecule has 88 valence electrons. The molecule has 16 heavy (non-hydrogen) atoms. The van der Waals surface area contributed by atoms with Crippen LogP contribution in [0, 0.1) is 0 Å². The van der Waals surface area contributed by atoms with Crippen LogP contribution in [0.15, 0.2) is 24.3 Å². The van der Waals surface area contributed by atoms with E-state index in [-0.39, 0.29) is 5.91 Å². The SMILES string of the molecule is CNCC(=O)Nc1cccc(CN(C)C)c1. The summed E-state index contributed by atoms with van der Waals surface area (Å²) in [5.74, 6) is -0.0236. The predicted molar refractivity (Wildman–Crippen MR) is 66.4 cm³/mol. The summed E-state index contributed by atoms with van der Waals surface area (Å²) in [4.78, 5) is 13.5. The van der Waals surface area contributed by atoms with Gasteiger partial charge in [0.1, 0.15) is 0 Å². The first-order chi connectivity index (χ1) is 7.61. The summed E-state index contributed by atoms with van der Waals surface area (Å²) in [7, 11) is 5.79. The minimum atomic E-state index is -0.0236. The zero-order valence-electron chi connectivity index (χ0n) is 10.1. The van der Waals surface area contributed by atoms with Crippen LogP contribution in [0.5, 0.6) is 0 Å². The van der Waals surface area contributed by atoms with Crippen LogP contribution in [-0.2, 0) is 11.3 Å². The van der Waals surface area contributed by atoms with Crippen molar-refractivity contribution in [1.29, 1.82) is 0 Å². The third kappa shape index (κ3) is 4.42. The Bertz CT molecular complexity index is 350. The minimum absolute atomic E-state index is 0.0236. The molecule has 4 heteroatoms. The first kappa shape index (κ1) is 12.7. The molecule has 0 saturated carbocycles. The fraction of sp³-hybridized carbons (Fsp3) is 0.417. The van der Waals surface area contributed by atoms with Gasteiger partial charge >= 0.3 is 0 Å². The highest BCUT2D eigenvalue weighted by molar-refractivity contribution is 5.92. The summed E-state index contributed by atoms with van der Waals surface area (Å²) in [6.45, 7) is 1.20. The van der Waals surface area contributed by atoms with Crippen molar-refractivity contribution in [1.82, 2.24) is 10.2 Å². The molecule has 0 heterocycles. The van der Waals surface area contributed by atoms with Gasteiger partial charge in [-0.1, -0.05) is 12.1 Å². The van der Waals surface area contributed by atoms with Gasteiger partial charge in [0.05, 0.1) is 6.54 Å². The summed E-state index contributed by atoms with van der Waals surface area (Å²) < 4.78 is 0. The third-order valence-corrected chi connectivity index (χ3v) is 2.05. The van der Waals surface area contributed by atoms with Crippen LogP contribution in [-0.4, -0.2) is 38.5 Å². The Morgan fingerprint density at radius 2 is 2.12 bits per heavy atom. The number of hydrogen-bond donors (Lipinski definition) is 2. The fourth-order valence-electron chi connectivity index (χ4n) is 1.48. The predicted octanol–water partition coefficient (Wildman–Crippen LogP) is 0.906. The van der Waals surface area contributed by atoms with Gasteiger partial charge in [-0.05, 0) is 38.8 Å². The van der Waals surface area contributed by atoms with E-state index in [1.807, 2.05) is 38.4 Å². The number of nitrogens with one attached hydrogen (secondary N) is 2. The van der Waals surface area contributed by atoms with E-state index in [0.29, 0.717) is 6.54 Å². The van der Waals surface area contributed by atoms with Crippen LogP contribution < -0.4 is 10.6 Å². The first-order valence-electron chi connectivity index (χ1n) is 5.30. The van der Waals surface area contributed by atoms with E-state index in [0.717, 1.165) is 12.2 Å². The molecule has 0 aliphatic rings. The Labute approximate surface area is 96.6 Å². The summed E-state index contributed by atoms with van der Waals surface area (Å²) in [6.07, 6.45) is 0. The smallest absolute Gasteiger partial charge is 0.238 e. The molecule has 0 atom stereocenters. The summed E-state index contributed by atoms with van der Waals surface area (Å²) >= 11 is 0. The molecule has 4 nitrogen and oxygen atoms in total. The average Bonchev–Trinajstić information content (AvgIpc) is 2.17. The topological polar surface area (TPSA) is 44.4 Å². The number of nitrogens with zero attached hydrogens (tertiary/aromatic N) is 1. The number of amides is 1. The van der Waals surface area contributed by atoms with Crippen LogP contribution in [0.25, 0.3) is 0 Å². The Balaban J connectivity index is 2.63. The van der Waals surface area contributed by atoms with Crippen molar-refractivity contribution in [3.63, 3.8) is 0 Å². The highest BCUT2D eigenvalue weighted by Gasteiger charge is 2.01. The largest absolute Gasteiger partial charge is 0.325 e. The zero-order valence-corrected chi connectivity index (χ0v) is 10.1. The molecule has 2 N–H and O–H groups in total. The van der Waals surface area contributed by atoms with Crippen LogP contribution in [0.4, 0.5) is 5.69 Å². The molecule has 0 radical (unpaired) electrons. The van der Waals surface area contributed by atoms with Gasteiger partial charge in [-0.2, -0.15) is 0 Å². The molecule has 0 aliphatic heterocycles. The molecule has 0 saturated heterocycles. The Hall–Kier alpha value is -1.39. The van der Waals surface area contributed by atoms with Crippen molar-refractivity contribution in [2.75, 3.05) is 33.0 Å². The lowest BCUT2D eigenvalue weighted by Gasteiger charge is -2.11. The zero-order chi connectivity index (χ0) is 12.0. The van der Waals surface area contributed by atoms with Crippen LogP contribution >= 0.6 is 0 Å². The van der Waals surface area contributed by atoms with Crippen molar-refractivity contribution in [3.05, 3.63) is 29.8 Å². The highest BCUT2D eigenvalue weighted by Crippen LogP contribution is 2.11. The Kier molecular flexibility index (Phi) is 4.95. The van der Waals surface area contributed by atoms with Crippen molar-refractivity contribution in [3.8, 4) is 0 Å². The maximum absolute atomic E-state index is 11.4. The number of hydrogen-bond acceptors (Lipinski definition) is 3. The number of rotatable bonds is 5. The Morgan fingerprint density at radius 3 is 2.75 bits per heavy atom. The summed E-state index contributed by atoms with van der Waals surface area (Å²) in [5.41, 5.74) is 2.03. The fourth-order valence-corrected chi connectivity index (χ4v) is 1.48. The maximum Gasteiger partial charge on any atom is 0.238 e. The van der Waals surface area contributed by atoms with Gasteiger partial charge in [0.25, 0.3) is 0 Å². The normalized spacial score (nSPS) is 10.5. The average molecular weight is 221 g/mol. The van der Waals surface area contributed by atoms with Crippen LogP contribution in [0.3, 0.4) is 0 Å². The highest BCUT2D eigenvalue weighted by atomic mass is 16.1. The van der Waals surface area contributed by atoms with Gasteiger partial charge in [-0.25, -0.2) is 0 Å². The lowest BCUT2D eigenvalue weighted by atomic mass is 10.2. The number of carbonyl (C=O) groups excluding carboxylic acids is 1. The van der Waals surface area contributed by atoms with E-state index in [2.05, 4.69) is 15.5 Å². The second-order valence-corrected chi connectivity index (χ2v) is 4.02. The summed E-state index contributed by atoms with van der Waals surface area (Å²) in [6, 6.07) is 7.89. The maximum atomic E-state index is 11.4. The lowest BCUT2D eigenvalue weighted by Crippen LogP contribution is -2.25. The molecular formula is C12H19N3O. The molecule has 1 amide bonds. The number of anilines is 1. The van der Waals surface area contributed by atoms with Gasteiger partial charge in [0, 0.05) is 12.2 Å². The van der Waals surface area contributed by atoms with Crippen LogP contribution in [0.2, 0.25) is 0 Å². The quantitative estimate of drug-likeness (QED) is 0.776. The number of carbonyl (C=O) groups is 1. The van der Waals surface area contributed by atoms with Crippen molar-refractivity contribution >= 4 is 11.6 Å². The summed E-state index contributed by atoms with van der Waals surface area (Å²) in [5, 5.41) is 5.65. The second kappa shape index (κ2) is 6.25. The van der Waals surface area contributed by atoms with Gasteiger partial charge < -0.3 is 15.5 Å². The van der Waals surface area contributed by atoms with E-state index in [1.165, 1.54) is 5.56 Å². The molecule has 0 aromatic heterocycles. The van der Waals surface area contributed by atoms with Gasteiger partial charge in [0.15, 0.2) is 0 Å². The molecule has 0 bridgehead atoms. The van der Waals surface area contributed by atoms with E-state index >= 15 is 0 Å². The van der Waals surface area contributed by atoms with E-state index in [1.54, 1.807) is 7.05 Å². The molecule has 0 spiro atoms. The van der Waals surface area contributed by atoms with Crippen molar-refractivity contribution in [2.45, 2.75) is 6.54 Å². The number of benzene rings is 1. The minimum Gasteiger partial charge on any atom is -0.325 e. The molecule has 0 unspecified atom stereocenters. The standard InChI is InChI=1S/C12H19N3O/c1-13-8-12(16)14-11-6-4-5-10(7-11)9-15(2)3/h4-7,13H,8-9H2,1-3H3,(H,14,16). The molecular weight excluding hydrogens is 202 g/mol. The second-order valence-electron chi connectivity index (χ2n) is 4.02. The Morgan fingerprint density at radius 1 is 1.38 bits per heavy atom. The molecule has 1 rings (SSSR count). The van der Waals surface area contributed by atoms with E-state index < -0.39 is 0 Å². The molecule has 1 aromatic rings. The monoisotopic (exact) mass is 221 g/mol. The molecule has 1 aromatic carbocycles. The van der Waals surface area contributed by atoms with Gasteiger partial charge in [-0.15, -0.1) is 0 Å². The number of likely N-dealkylation sites (N-methyl/N-ethyl adjacent to an activating group) is 1. The van der Waals surface area contributed by atoms with E-state index in [4.69, 9.17) is 0 Å². The first-order valence-corrected chi connectivity index (χ1v) is 5.30. The van der Waals surface area contributed by atoms with E-state index in [9.17, 15) is 4.79 Å².